The van der Waals surface area contributed by atoms with Crippen LogP contribution in [0.3, 0.4) is 0 Å². The van der Waals surface area contributed by atoms with Crippen LogP contribution in [0.5, 0.6) is 0 Å². The first-order valence-corrected chi connectivity index (χ1v) is 15.1. The number of H-pyrrole nitrogens is 1. The number of benzene rings is 3. The summed E-state index contributed by atoms with van der Waals surface area (Å²) in [5.41, 5.74) is 1.06. The summed E-state index contributed by atoms with van der Waals surface area (Å²) in [6.45, 7) is 0.637. The van der Waals surface area contributed by atoms with Gasteiger partial charge in [0, 0.05) is 29.6 Å². The molecule has 1 aliphatic rings. The SMILES string of the molecule is CN(Cc1ccccc1NS(=O)(=O)c1ccc(Cc2ccc3[nH]c(=O)cc(C(F)(F)F)c3c2)cc1)C1CCCCC1. The Morgan fingerprint density at radius 1 is 0.927 bits per heavy atom. The normalized spacial score (nSPS) is 15.0. The van der Waals surface area contributed by atoms with Gasteiger partial charge in [0.15, 0.2) is 0 Å². The Kier molecular flexibility index (Phi) is 8.24. The van der Waals surface area contributed by atoms with Gasteiger partial charge in [-0.1, -0.05) is 55.7 Å². The van der Waals surface area contributed by atoms with Crippen LogP contribution in [0.15, 0.2) is 82.5 Å². The van der Waals surface area contributed by atoms with Crippen LogP contribution in [-0.4, -0.2) is 31.4 Å². The number of aromatic amines is 1. The fourth-order valence-corrected chi connectivity index (χ4v) is 6.65. The molecule has 6 nitrogen and oxygen atoms in total. The molecular weight excluding hydrogens is 551 g/mol. The van der Waals surface area contributed by atoms with Crippen LogP contribution in [0.1, 0.15) is 54.4 Å². The molecule has 3 aromatic carbocycles. The predicted octanol–water partition coefficient (Wildman–Crippen LogP) is 6.70. The fourth-order valence-electron chi connectivity index (χ4n) is 5.55. The second kappa shape index (κ2) is 11.7. The molecule has 1 aliphatic carbocycles. The molecule has 1 aromatic heterocycles. The zero-order chi connectivity index (χ0) is 29.2. The Balaban J connectivity index is 1.32. The summed E-state index contributed by atoms with van der Waals surface area (Å²) in [7, 11) is -1.79. The summed E-state index contributed by atoms with van der Waals surface area (Å²) < 4.78 is 69.8. The van der Waals surface area contributed by atoms with Gasteiger partial charge < -0.3 is 4.98 Å². The molecule has 0 bridgehead atoms. The minimum Gasteiger partial charge on any atom is -0.322 e. The van der Waals surface area contributed by atoms with Gasteiger partial charge in [-0.3, -0.25) is 14.4 Å². The molecule has 216 valence electrons. The van der Waals surface area contributed by atoms with E-state index >= 15 is 0 Å². The number of alkyl halides is 3. The lowest BCUT2D eigenvalue weighted by Crippen LogP contribution is -2.33. The molecule has 1 heterocycles. The quantitative estimate of drug-likeness (QED) is 0.242. The average Bonchev–Trinajstić information content (AvgIpc) is 2.94. The van der Waals surface area contributed by atoms with E-state index in [-0.39, 0.29) is 22.2 Å². The van der Waals surface area contributed by atoms with Crippen molar-refractivity contribution < 1.29 is 21.6 Å². The van der Waals surface area contributed by atoms with Gasteiger partial charge >= 0.3 is 6.18 Å². The van der Waals surface area contributed by atoms with Crippen molar-refractivity contribution in [1.29, 1.82) is 0 Å². The average molecular weight is 584 g/mol. The van der Waals surface area contributed by atoms with Crippen molar-refractivity contribution >= 4 is 26.6 Å². The number of hydrogen-bond acceptors (Lipinski definition) is 4. The van der Waals surface area contributed by atoms with Crippen molar-refractivity contribution in [3.8, 4) is 0 Å². The number of sulfonamides is 1. The minimum absolute atomic E-state index is 0.0899. The molecule has 5 rings (SSSR count). The van der Waals surface area contributed by atoms with E-state index in [1.165, 1.54) is 43.5 Å². The molecule has 0 radical (unpaired) electrons. The van der Waals surface area contributed by atoms with Crippen molar-refractivity contribution in [3.63, 3.8) is 0 Å². The molecule has 1 fully saturated rings. The summed E-state index contributed by atoms with van der Waals surface area (Å²) in [5, 5.41) is -0.0919. The Bertz CT molecular complexity index is 1690. The van der Waals surface area contributed by atoms with Crippen LogP contribution in [-0.2, 0) is 29.2 Å². The number of aromatic nitrogens is 1. The van der Waals surface area contributed by atoms with Crippen LogP contribution in [0.2, 0.25) is 0 Å². The smallest absolute Gasteiger partial charge is 0.322 e. The lowest BCUT2D eigenvalue weighted by molar-refractivity contribution is -0.136. The third-order valence-electron chi connectivity index (χ3n) is 7.73. The van der Waals surface area contributed by atoms with Gasteiger partial charge in [-0.05, 0) is 73.3 Å². The number of fused-ring (bicyclic) bond motifs is 1. The maximum absolute atomic E-state index is 13.5. The molecule has 1 saturated carbocycles. The van der Waals surface area contributed by atoms with Crippen molar-refractivity contribution in [3.05, 3.63) is 105 Å². The highest BCUT2D eigenvalue weighted by atomic mass is 32.2. The van der Waals surface area contributed by atoms with Crippen molar-refractivity contribution in [2.45, 2.75) is 62.2 Å². The molecule has 0 amide bonds. The molecule has 0 aliphatic heterocycles. The Morgan fingerprint density at radius 2 is 1.61 bits per heavy atom. The summed E-state index contributed by atoms with van der Waals surface area (Å²) in [4.78, 5) is 16.5. The van der Waals surface area contributed by atoms with Gasteiger partial charge in [0.1, 0.15) is 0 Å². The van der Waals surface area contributed by atoms with E-state index in [1.54, 1.807) is 30.3 Å². The third kappa shape index (κ3) is 6.82. The van der Waals surface area contributed by atoms with Gasteiger partial charge in [0.2, 0.25) is 5.56 Å². The number of halogens is 3. The van der Waals surface area contributed by atoms with Crippen molar-refractivity contribution in [2.75, 3.05) is 11.8 Å². The molecule has 10 heteroatoms. The maximum atomic E-state index is 13.5. The number of anilines is 1. The standard InChI is InChI=1S/C31H32F3N3O3S/c1-37(24-8-3-2-4-9-24)20-23-7-5-6-10-28(23)36-41(39,40)25-14-11-21(12-15-25)17-22-13-16-29-26(18-22)27(31(32,33)34)19-30(38)35-29/h5-7,10-16,18-19,24,36H,2-4,8-9,17,20H2,1H3,(H,35,38). The monoisotopic (exact) mass is 583 g/mol. The lowest BCUT2D eigenvalue weighted by Gasteiger charge is -2.31. The summed E-state index contributed by atoms with van der Waals surface area (Å²) in [5.74, 6) is 0. The lowest BCUT2D eigenvalue weighted by atomic mass is 9.94. The summed E-state index contributed by atoms with van der Waals surface area (Å²) >= 11 is 0. The number of rotatable bonds is 8. The van der Waals surface area contributed by atoms with E-state index in [4.69, 9.17) is 0 Å². The third-order valence-corrected chi connectivity index (χ3v) is 9.12. The summed E-state index contributed by atoms with van der Waals surface area (Å²) in [6.07, 6.45) is 1.63. The first-order valence-electron chi connectivity index (χ1n) is 13.6. The summed E-state index contributed by atoms with van der Waals surface area (Å²) in [6, 6.07) is 19.2. The Morgan fingerprint density at radius 3 is 2.32 bits per heavy atom. The van der Waals surface area contributed by atoms with E-state index < -0.39 is 27.3 Å². The van der Waals surface area contributed by atoms with Gasteiger partial charge in [-0.15, -0.1) is 0 Å². The topological polar surface area (TPSA) is 82.3 Å². The number of nitrogens with one attached hydrogen (secondary N) is 2. The second-order valence-corrected chi connectivity index (χ2v) is 12.4. The van der Waals surface area contributed by atoms with Gasteiger partial charge in [0.05, 0.1) is 16.1 Å². The van der Waals surface area contributed by atoms with Crippen LogP contribution >= 0.6 is 0 Å². The van der Waals surface area contributed by atoms with Crippen LogP contribution < -0.4 is 10.3 Å². The molecule has 0 saturated heterocycles. The zero-order valence-electron chi connectivity index (χ0n) is 22.7. The first-order chi connectivity index (χ1) is 19.5. The molecular formula is C31H32F3N3O3S. The van der Waals surface area contributed by atoms with E-state index in [9.17, 15) is 26.4 Å². The van der Waals surface area contributed by atoms with Gasteiger partial charge in [-0.25, -0.2) is 8.42 Å². The Labute approximate surface area is 237 Å². The largest absolute Gasteiger partial charge is 0.417 e. The highest BCUT2D eigenvalue weighted by Gasteiger charge is 2.33. The maximum Gasteiger partial charge on any atom is 0.417 e. The molecule has 0 spiro atoms. The van der Waals surface area contributed by atoms with E-state index in [2.05, 4.69) is 21.7 Å². The van der Waals surface area contributed by atoms with Crippen molar-refractivity contribution in [1.82, 2.24) is 9.88 Å². The second-order valence-electron chi connectivity index (χ2n) is 10.7. The van der Waals surface area contributed by atoms with Gasteiger partial charge in [0.25, 0.3) is 10.0 Å². The molecule has 4 aromatic rings. The minimum atomic E-state index is -4.67. The zero-order valence-corrected chi connectivity index (χ0v) is 23.5. The Hall–Kier alpha value is -3.63. The fraction of sp³-hybridized carbons (Fsp3) is 0.323. The van der Waals surface area contributed by atoms with E-state index in [0.29, 0.717) is 29.9 Å². The van der Waals surface area contributed by atoms with E-state index in [1.807, 2.05) is 12.1 Å². The highest BCUT2D eigenvalue weighted by Crippen LogP contribution is 2.34. The molecule has 41 heavy (non-hydrogen) atoms. The van der Waals surface area contributed by atoms with Crippen LogP contribution in [0.4, 0.5) is 18.9 Å². The number of para-hydroxylation sites is 1. The van der Waals surface area contributed by atoms with Gasteiger partial charge in [-0.2, -0.15) is 13.2 Å². The van der Waals surface area contributed by atoms with E-state index in [0.717, 1.165) is 24.0 Å². The number of nitrogens with zero attached hydrogens (tertiary/aromatic N) is 1. The number of hydrogen-bond donors (Lipinski definition) is 2. The highest BCUT2D eigenvalue weighted by molar-refractivity contribution is 7.92. The first kappa shape index (κ1) is 28.9. The molecule has 0 atom stereocenters. The molecule has 2 N–H and O–H groups in total. The van der Waals surface area contributed by atoms with Crippen molar-refractivity contribution in [2.24, 2.45) is 0 Å². The number of pyridine rings is 1. The molecule has 0 unspecified atom stereocenters. The van der Waals surface area contributed by atoms with Crippen LogP contribution in [0, 0.1) is 0 Å². The predicted molar refractivity (Wildman–Crippen MR) is 154 cm³/mol. The van der Waals surface area contributed by atoms with Crippen LogP contribution in [0.25, 0.3) is 10.9 Å².